The molecule has 136 valence electrons. The number of hydrogen-bond acceptors (Lipinski definition) is 4. The second kappa shape index (κ2) is 7.97. The second-order valence-electron chi connectivity index (χ2n) is 7.17. The molecule has 6 heteroatoms. The Morgan fingerprint density at radius 3 is 2.40 bits per heavy atom. The van der Waals surface area contributed by atoms with E-state index in [-0.39, 0.29) is 23.8 Å². The van der Waals surface area contributed by atoms with Crippen molar-refractivity contribution in [2.24, 2.45) is 11.7 Å². The average molecular weight is 345 g/mol. The Bertz CT molecular complexity index is 601. The highest BCUT2D eigenvalue weighted by molar-refractivity contribution is 5.94. The van der Waals surface area contributed by atoms with Crippen molar-refractivity contribution in [2.75, 3.05) is 13.1 Å². The minimum absolute atomic E-state index is 0.0690. The van der Waals surface area contributed by atoms with Gasteiger partial charge in [-0.15, -0.1) is 0 Å². The summed E-state index contributed by atoms with van der Waals surface area (Å²) in [6.45, 7) is 2.09. The molecule has 2 aliphatic rings. The molecule has 0 aromatic heterocycles. The lowest BCUT2D eigenvalue weighted by molar-refractivity contribution is -0.125. The molecule has 6 nitrogen and oxygen atoms in total. The van der Waals surface area contributed by atoms with Gasteiger partial charge >= 0.3 is 0 Å². The Kier molecular flexibility index (Phi) is 5.71. The monoisotopic (exact) mass is 345 g/mol. The van der Waals surface area contributed by atoms with Gasteiger partial charge in [-0.2, -0.15) is 0 Å². The van der Waals surface area contributed by atoms with Gasteiger partial charge in [-0.05, 0) is 49.8 Å². The molecule has 1 saturated heterocycles. The molecule has 0 spiro atoms. The summed E-state index contributed by atoms with van der Waals surface area (Å²) in [7, 11) is 0. The Morgan fingerprint density at radius 2 is 1.80 bits per heavy atom. The van der Waals surface area contributed by atoms with E-state index in [1.807, 2.05) is 29.2 Å². The van der Waals surface area contributed by atoms with Gasteiger partial charge in [0.15, 0.2) is 0 Å². The highest BCUT2D eigenvalue weighted by atomic mass is 16.3. The molecule has 4 N–H and O–H groups in total. The number of hydrogen-bond donors (Lipinski definition) is 3. The number of nitrogens with one attached hydrogen (secondary N) is 1. The van der Waals surface area contributed by atoms with Crippen molar-refractivity contribution in [2.45, 2.75) is 50.8 Å². The van der Waals surface area contributed by atoms with Crippen molar-refractivity contribution in [1.29, 1.82) is 0 Å². The van der Waals surface area contributed by atoms with E-state index in [1.165, 1.54) is 6.42 Å². The molecule has 1 aliphatic carbocycles. The lowest BCUT2D eigenvalue weighted by Gasteiger charge is -2.26. The summed E-state index contributed by atoms with van der Waals surface area (Å²) in [6.07, 6.45) is 3.72. The molecular formula is C19H27N3O3. The summed E-state index contributed by atoms with van der Waals surface area (Å²) in [5.74, 6) is -0.199. The first-order chi connectivity index (χ1) is 12.0. The first-order valence-electron chi connectivity index (χ1n) is 9.14. The van der Waals surface area contributed by atoms with Crippen LogP contribution in [0.3, 0.4) is 0 Å². The summed E-state index contributed by atoms with van der Waals surface area (Å²) in [6, 6.07) is 7.11. The number of aliphatic hydroxyl groups excluding tert-OH is 1. The maximum atomic E-state index is 12.4. The van der Waals surface area contributed by atoms with Crippen LogP contribution in [0.1, 0.15) is 48.0 Å². The van der Waals surface area contributed by atoms with Crippen LogP contribution < -0.4 is 11.1 Å². The van der Waals surface area contributed by atoms with Crippen LogP contribution in [0.15, 0.2) is 24.3 Å². The van der Waals surface area contributed by atoms with E-state index in [0.29, 0.717) is 24.9 Å². The normalized spacial score (nSPS) is 26.5. The lowest BCUT2D eigenvalue weighted by atomic mass is 10.1. The molecule has 0 radical (unpaired) electrons. The zero-order valence-electron chi connectivity index (χ0n) is 14.5. The van der Waals surface area contributed by atoms with E-state index < -0.39 is 6.10 Å². The van der Waals surface area contributed by atoms with Crippen LogP contribution in [0, 0.1) is 5.92 Å². The number of nitrogens with two attached hydrogens (primary N) is 1. The number of likely N-dealkylation sites (tertiary alicyclic amines) is 1. The molecule has 3 atom stereocenters. The average Bonchev–Trinajstić information content (AvgIpc) is 2.99. The molecule has 0 bridgehead atoms. The molecule has 2 fully saturated rings. The molecule has 1 heterocycles. The molecule has 1 saturated carbocycles. The van der Waals surface area contributed by atoms with Crippen molar-refractivity contribution in [3.63, 3.8) is 0 Å². The fourth-order valence-corrected chi connectivity index (χ4v) is 3.64. The van der Waals surface area contributed by atoms with Gasteiger partial charge in [0.2, 0.25) is 5.91 Å². The topological polar surface area (TPSA) is 95.7 Å². The van der Waals surface area contributed by atoms with Gasteiger partial charge in [-0.25, -0.2) is 0 Å². The maximum Gasteiger partial charge on any atom is 0.253 e. The zero-order valence-corrected chi connectivity index (χ0v) is 14.5. The van der Waals surface area contributed by atoms with Crippen LogP contribution >= 0.6 is 0 Å². The van der Waals surface area contributed by atoms with Crippen LogP contribution in [0.2, 0.25) is 0 Å². The van der Waals surface area contributed by atoms with Gasteiger partial charge in [0.05, 0.1) is 6.10 Å². The van der Waals surface area contributed by atoms with Crippen molar-refractivity contribution < 1.29 is 14.7 Å². The number of rotatable bonds is 4. The Morgan fingerprint density at radius 1 is 1.12 bits per heavy atom. The standard InChI is InChI=1S/C19H27N3O3/c20-16-10-15(11-17(16)23)18(24)21-12-13-4-6-14(7-5-13)19(25)22-8-2-1-3-9-22/h4-7,15-17,23H,1-3,8-12,20H2,(H,21,24)/t15-,16+,17+/m0/s1. The van der Waals surface area contributed by atoms with Gasteiger partial charge in [0, 0.05) is 37.2 Å². The third-order valence-corrected chi connectivity index (χ3v) is 5.26. The van der Waals surface area contributed by atoms with E-state index in [1.54, 1.807) is 0 Å². The molecule has 1 aromatic carbocycles. The van der Waals surface area contributed by atoms with Gasteiger partial charge in [0.1, 0.15) is 0 Å². The van der Waals surface area contributed by atoms with Gasteiger partial charge in [0.25, 0.3) is 5.91 Å². The second-order valence-corrected chi connectivity index (χ2v) is 7.17. The van der Waals surface area contributed by atoms with E-state index in [2.05, 4.69) is 5.32 Å². The summed E-state index contributed by atoms with van der Waals surface area (Å²) in [4.78, 5) is 26.5. The summed E-state index contributed by atoms with van der Waals surface area (Å²) in [5, 5.41) is 12.5. The number of carbonyl (C=O) groups excluding carboxylic acids is 2. The van der Waals surface area contributed by atoms with Crippen LogP contribution in [-0.2, 0) is 11.3 Å². The number of amides is 2. The van der Waals surface area contributed by atoms with Gasteiger partial charge in [-0.1, -0.05) is 12.1 Å². The first kappa shape index (κ1) is 17.9. The SMILES string of the molecule is N[C@@H]1C[C@H](C(=O)NCc2ccc(C(=O)N3CCCCC3)cc2)C[C@H]1O. The lowest BCUT2D eigenvalue weighted by Crippen LogP contribution is -2.35. The fourth-order valence-electron chi connectivity index (χ4n) is 3.64. The number of piperidine rings is 1. The summed E-state index contributed by atoms with van der Waals surface area (Å²) in [5.41, 5.74) is 7.40. The largest absolute Gasteiger partial charge is 0.391 e. The van der Waals surface area contributed by atoms with E-state index in [4.69, 9.17) is 5.73 Å². The third kappa shape index (κ3) is 4.38. The molecule has 1 aliphatic heterocycles. The minimum Gasteiger partial charge on any atom is -0.391 e. The van der Waals surface area contributed by atoms with Crippen LogP contribution in [0.5, 0.6) is 0 Å². The van der Waals surface area contributed by atoms with E-state index in [9.17, 15) is 14.7 Å². The Labute approximate surface area is 148 Å². The molecule has 25 heavy (non-hydrogen) atoms. The molecular weight excluding hydrogens is 318 g/mol. The fraction of sp³-hybridized carbons (Fsp3) is 0.579. The maximum absolute atomic E-state index is 12.4. The Balaban J connectivity index is 1.50. The van der Waals surface area contributed by atoms with Crippen molar-refractivity contribution in [1.82, 2.24) is 10.2 Å². The van der Waals surface area contributed by atoms with Crippen LogP contribution in [0.25, 0.3) is 0 Å². The van der Waals surface area contributed by atoms with Crippen molar-refractivity contribution >= 4 is 11.8 Å². The zero-order chi connectivity index (χ0) is 17.8. The van der Waals surface area contributed by atoms with E-state index in [0.717, 1.165) is 31.5 Å². The molecule has 3 rings (SSSR count). The quantitative estimate of drug-likeness (QED) is 0.759. The predicted octanol–water partition coefficient (Wildman–Crippen LogP) is 1.03. The van der Waals surface area contributed by atoms with Gasteiger partial charge in [-0.3, -0.25) is 9.59 Å². The number of nitrogens with zero attached hydrogens (tertiary/aromatic N) is 1. The van der Waals surface area contributed by atoms with Crippen LogP contribution in [0.4, 0.5) is 0 Å². The highest BCUT2D eigenvalue weighted by Crippen LogP contribution is 2.25. The summed E-state index contributed by atoms with van der Waals surface area (Å²) < 4.78 is 0. The predicted molar refractivity (Wildman–Crippen MR) is 94.7 cm³/mol. The first-order valence-corrected chi connectivity index (χ1v) is 9.14. The highest BCUT2D eigenvalue weighted by Gasteiger charge is 2.34. The molecule has 0 unspecified atom stereocenters. The third-order valence-electron chi connectivity index (χ3n) is 5.26. The summed E-state index contributed by atoms with van der Waals surface area (Å²) >= 11 is 0. The van der Waals surface area contributed by atoms with E-state index >= 15 is 0 Å². The van der Waals surface area contributed by atoms with Crippen molar-refractivity contribution in [3.05, 3.63) is 35.4 Å². The number of carbonyl (C=O) groups is 2. The van der Waals surface area contributed by atoms with Crippen molar-refractivity contribution in [3.8, 4) is 0 Å². The smallest absolute Gasteiger partial charge is 0.253 e. The minimum atomic E-state index is -0.587. The number of benzene rings is 1. The molecule has 1 aromatic rings. The number of aliphatic hydroxyl groups is 1. The van der Waals surface area contributed by atoms with Crippen LogP contribution in [-0.4, -0.2) is 47.1 Å². The molecule has 2 amide bonds. The Hall–Kier alpha value is -1.92. The van der Waals surface area contributed by atoms with Gasteiger partial charge < -0.3 is 21.1 Å².